The first-order valence-electron chi connectivity index (χ1n) is 25.1. The molecule has 0 heterocycles. The molecule has 0 aromatic carbocycles. The number of ether oxygens (including phenoxy) is 3. The molecular formula is C54H89O11P. The lowest BCUT2D eigenvalue weighted by Crippen LogP contribution is -2.30. The van der Waals surface area contributed by atoms with Crippen LogP contribution >= 0.6 is 7.82 Å². The lowest BCUT2D eigenvalue weighted by Gasteiger charge is -2.21. The summed E-state index contributed by atoms with van der Waals surface area (Å²) >= 11 is 0. The third-order valence-electron chi connectivity index (χ3n) is 10.0. The zero-order valence-electron chi connectivity index (χ0n) is 41.1. The number of aliphatic hydroxyl groups excluding tert-OH is 1. The first kappa shape index (κ1) is 62.4. The summed E-state index contributed by atoms with van der Waals surface area (Å²) in [6, 6.07) is 0. The fourth-order valence-electron chi connectivity index (χ4n) is 6.24. The van der Waals surface area contributed by atoms with Gasteiger partial charge in [0.15, 0.2) is 6.10 Å². The van der Waals surface area contributed by atoms with Gasteiger partial charge >= 0.3 is 25.7 Å². The van der Waals surface area contributed by atoms with Gasteiger partial charge in [-0.05, 0) is 83.5 Å². The first-order valence-corrected chi connectivity index (χ1v) is 26.6. The average molecular weight is 945 g/mol. The molecule has 0 bridgehead atoms. The number of rotatable bonds is 45. The Hall–Kier alpha value is -3.60. The monoisotopic (exact) mass is 945 g/mol. The molecule has 0 aromatic heterocycles. The number of unbranched alkanes of at least 4 members (excludes halogenated alkanes) is 12. The summed E-state index contributed by atoms with van der Waals surface area (Å²) in [7, 11) is -4.77. The molecule has 0 aliphatic heterocycles. The van der Waals surface area contributed by atoms with E-state index in [-0.39, 0.29) is 25.9 Å². The second kappa shape index (κ2) is 47.9. The number of hydrogen-bond acceptors (Lipinski definition) is 10. The summed E-state index contributed by atoms with van der Waals surface area (Å²) in [4.78, 5) is 48.2. The molecule has 11 nitrogen and oxygen atoms in total. The second-order valence-corrected chi connectivity index (χ2v) is 17.7. The van der Waals surface area contributed by atoms with E-state index in [4.69, 9.17) is 23.3 Å². The topological polar surface area (TPSA) is 155 Å². The molecule has 3 atom stereocenters. The van der Waals surface area contributed by atoms with Crippen molar-refractivity contribution in [2.24, 2.45) is 0 Å². The van der Waals surface area contributed by atoms with Gasteiger partial charge < -0.3 is 24.2 Å². The fourth-order valence-corrected chi connectivity index (χ4v) is 7.03. The molecule has 0 saturated heterocycles. The summed E-state index contributed by atoms with van der Waals surface area (Å²) in [5.41, 5.74) is 0. The van der Waals surface area contributed by atoms with E-state index in [1.807, 2.05) is 18.2 Å². The van der Waals surface area contributed by atoms with E-state index in [9.17, 15) is 28.9 Å². The maximum Gasteiger partial charge on any atom is 0.472 e. The van der Waals surface area contributed by atoms with Crippen LogP contribution in [0.3, 0.4) is 0 Å². The Kier molecular flexibility index (Phi) is 45.3. The molecule has 376 valence electrons. The van der Waals surface area contributed by atoms with E-state index < -0.39 is 57.8 Å². The minimum Gasteiger partial charge on any atom is -0.462 e. The van der Waals surface area contributed by atoms with E-state index >= 15 is 0 Å². The van der Waals surface area contributed by atoms with Crippen molar-refractivity contribution < 1.29 is 52.2 Å². The average Bonchev–Trinajstić information content (AvgIpc) is 3.30. The van der Waals surface area contributed by atoms with Crippen LogP contribution < -0.4 is 0 Å². The van der Waals surface area contributed by atoms with Gasteiger partial charge in [-0.2, -0.15) is 0 Å². The van der Waals surface area contributed by atoms with Gasteiger partial charge in [0.1, 0.15) is 12.7 Å². The van der Waals surface area contributed by atoms with Crippen LogP contribution in [0.15, 0.2) is 97.2 Å². The zero-order valence-corrected chi connectivity index (χ0v) is 42.0. The van der Waals surface area contributed by atoms with Crippen LogP contribution in [0.2, 0.25) is 0 Å². The predicted octanol–water partition coefficient (Wildman–Crippen LogP) is 14.1. The number of carbonyl (C=O) groups excluding carboxylic acids is 3. The molecule has 2 N–H and O–H groups in total. The normalized spacial score (nSPS) is 14.3. The van der Waals surface area contributed by atoms with Crippen molar-refractivity contribution in [3.05, 3.63) is 97.2 Å². The van der Waals surface area contributed by atoms with Crippen LogP contribution in [0.25, 0.3) is 0 Å². The molecule has 0 aliphatic rings. The highest BCUT2D eigenvalue weighted by molar-refractivity contribution is 7.47. The highest BCUT2D eigenvalue weighted by Gasteiger charge is 2.28. The van der Waals surface area contributed by atoms with E-state index in [1.165, 1.54) is 44.9 Å². The van der Waals surface area contributed by atoms with Gasteiger partial charge in [-0.25, -0.2) is 4.57 Å². The molecule has 0 fully saturated rings. The third kappa shape index (κ3) is 45.6. The highest BCUT2D eigenvalue weighted by atomic mass is 31.2. The van der Waals surface area contributed by atoms with Gasteiger partial charge in [0.2, 0.25) is 0 Å². The van der Waals surface area contributed by atoms with Crippen molar-refractivity contribution >= 4 is 25.7 Å². The Morgan fingerprint density at radius 3 is 1.30 bits per heavy atom. The van der Waals surface area contributed by atoms with Crippen molar-refractivity contribution in [1.29, 1.82) is 0 Å². The van der Waals surface area contributed by atoms with Crippen LogP contribution in [-0.4, -0.2) is 66.5 Å². The van der Waals surface area contributed by atoms with Crippen LogP contribution in [0.1, 0.15) is 188 Å². The van der Waals surface area contributed by atoms with Crippen molar-refractivity contribution in [2.75, 3.05) is 26.4 Å². The number of phosphoric acid groups is 1. The Labute approximate surface area is 400 Å². The highest BCUT2D eigenvalue weighted by Crippen LogP contribution is 2.43. The molecule has 0 rings (SSSR count). The van der Waals surface area contributed by atoms with E-state index in [2.05, 4.69) is 99.8 Å². The fraction of sp³-hybridized carbons (Fsp3) is 0.648. The van der Waals surface area contributed by atoms with Crippen LogP contribution in [0, 0.1) is 0 Å². The van der Waals surface area contributed by atoms with Gasteiger partial charge in [0.05, 0.1) is 19.8 Å². The van der Waals surface area contributed by atoms with Crippen LogP contribution in [0.5, 0.6) is 0 Å². The predicted molar refractivity (Wildman–Crippen MR) is 270 cm³/mol. The molecule has 0 aliphatic carbocycles. The van der Waals surface area contributed by atoms with Gasteiger partial charge in [-0.15, -0.1) is 0 Å². The number of esters is 3. The Morgan fingerprint density at radius 2 is 0.818 bits per heavy atom. The summed E-state index contributed by atoms with van der Waals surface area (Å²) < 4.78 is 39.2. The third-order valence-corrected chi connectivity index (χ3v) is 11.0. The van der Waals surface area contributed by atoms with Gasteiger partial charge in [-0.1, -0.05) is 182 Å². The molecule has 0 radical (unpaired) electrons. The summed E-state index contributed by atoms with van der Waals surface area (Å²) in [5, 5.41) is 9.74. The lowest BCUT2D eigenvalue weighted by atomic mass is 10.1. The molecule has 0 spiro atoms. The van der Waals surface area contributed by atoms with Gasteiger partial charge in [0, 0.05) is 19.3 Å². The van der Waals surface area contributed by atoms with Gasteiger partial charge in [-0.3, -0.25) is 23.4 Å². The molecule has 3 unspecified atom stereocenters. The van der Waals surface area contributed by atoms with Gasteiger partial charge in [0.25, 0.3) is 0 Å². The number of phosphoric ester groups is 1. The minimum atomic E-state index is -4.77. The largest absolute Gasteiger partial charge is 0.472 e. The van der Waals surface area contributed by atoms with E-state index in [0.717, 1.165) is 83.5 Å². The zero-order chi connectivity index (χ0) is 48.4. The molecule has 0 amide bonds. The number of allylic oxidation sites excluding steroid dienone is 16. The molecule has 12 heteroatoms. The number of hydrogen-bond donors (Lipinski definition) is 2. The quantitative estimate of drug-likeness (QED) is 0.0197. The number of carbonyl (C=O) groups is 3. The SMILES string of the molecule is CC/C=C\C/C=C\C/C=C\C/C=C\CCCCC(=O)OC(COC(=O)CCCCCCCCCCCCC)COP(=O)(O)OCC(CO)OC(=O)CC/C=C\C/C=C\C/C=C\C/C=C\CC. The maximum atomic E-state index is 12.8. The molecular weight excluding hydrogens is 856 g/mol. The molecule has 66 heavy (non-hydrogen) atoms. The summed E-state index contributed by atoms with van der Waals surface area (Å²) in [6.45, 7) is 4.24. The van der Waals surface area contributed by atoms with Crippen molar-refractivity contribution in [3.63, 3.8) is 0 Å². The summed E-state index contributed by atoms with van der Waals surface area (Å²) in [5.74, 6) is -1.61. The Bertz CT molecular complexity index is 1480. The second-order valence-electron chi connectivity index (χ2n) is 16.2. The molecule has 0 aromatic rings. The summed E-state index contributed by atoms with van der Waals surface area (Å²) in [6.07, 6.45) is 54.0. The van der Waals surface area contributed by atoms with Crippen molar-refractivity contribution in [3.8, 4) is 0 Å². The standard InChI is InChI=1S/C54H89O11P/c1-4-7-10-13-16-19-22-24-25-27-30-33-36-39-42-45-54(58)65-51(47-61-52(56)43-40-37-34-31-28-21-18-15-12-9-6-3)49-63-66(59,60)62-48-50(46-55)64-53(57)44-41-38-35-32-29-26-23-20-17-14-11-8-5-2/h7-8,10-11,16-17,19-20,24-26,29-30,33,35,38,50-51,55H,4-6,9,12-15,18,21-23,27-28,31-32,34,36-37,39-49H2,1-3H3,(H,59,60)/b10-7-,11-8-,19-16-,20-17-,25-24-,29-26-,33-30-,38-35-. The number of aliphatic hydroxyl groups is 1. The lowest BCUT2D eigenvalue weighted by molar-refractivity contribution is -0.161. The molecule has 0 saturated carbocycles. The van der Waals surface area contributed by atoms with E-state index in [1.54, 1.807) is 0 Å². The van der Waals surface area contributed by atoms with Crippen molar-refractivity contribution in [1.82, 2.24) is 0 Å². The Morgan fingerprint density at radius 1 is 0.439 bits per heavy atom. The smallest absolute Gasteiger partial charge is 0.462 e. The van der Waals surface area contributed by atoms with Crippen molar-refractivity contribution in [2.45, 2.75) is 200 Å². The van der Waals surface area contributed by atoms with E-state index in [0.29, 0.717) is 19.3 Å². The maximum absolute atomic E-state index is 12.8. The van der Waals surface area contributed by atoms with Crippen LogP contribution in [0.4, 0.5) is 0 Å². The minimum absolute atomic E-state index is 0.0491. The first-order chi connectivity index (χ1) is 32.2. The van der Waals surface area contributed by atoms with Crippen LogP contribution in [-0.2, 0) is 42.2 Å². The Balaban J connectivity index is 4.88.